The van der Waals surface area contributed by atoms with Gasteiger partial charge < -0.3 is 10.5 Å². The quantitative estimate of drug-likeness (QED) is 0.866. The summed E-state index contributed by atoms with van der Waals surface area (Å²) in [6, 6.07) is 9.19. The van der Waals surface area contributed by atoms with Crippen molar-refractivity contribution in [2.45, 2.75) is 9.96 Å². The molecule has 0 spiro atoms. The van der Waals surface area contributed by atoms with E-state index in [1.165, 1.54) is 11.3 Å². The van der Waals surface area contributed by atoms with E-state index >= 15 is 0 Å². The number of thiophene rings is 1. The van der Waals surface area contributed by atoms with Gasteiger partial charge in [-0.3, -0.25) is 4.21 Å². The van der Waals surface area contributed by atoms with Crippen molar-refractivity contribution in [2.75, 3.05) is 12.8 Å². The molecule has 0 amide bonds. The Morgan fingerprint density at radius 2 is 2.24 bits per heavy atom. The van der Waals surface area contributed by atoms with Crippen LogP contribution in [-0.2, 0) is 16.6 Å². The van der Waals surface area contributed by atoms with Crippen molar-refractivity contribution >= 4 is 27.8 Å². The van der Waals surface area contributed by atoms with E-state index in [1.807, 2.05) is 23.6 Å². The van der Waals surface area contributed by atoms with Gasteiger partial charge in [0.05, 0.1) is 27.9 Å². The Bertz CT molecular complexity index is 523. The normalized spacial score (nSPS) is 12.3. The average molecular weight is 267 g/mol. The van der Waals surface area contributed by atoms with Crippen LogP contribution in [0.15, 0.2) is 39.9 Å². The van der Waals surface area contributed by atoms with Gasteiger partial charge in [0, 0.05) is 17.3 Å². The molecule has 3 nitrogen and oxygen atoms in total. The van der Waals surface area contributed by atoms with E-state index in [2.05, 4.69) is 0 Å². The van der Waals surface area contributed by atoms with Crippen molar-refractivity contribution in [3.05, 3.63) is 41.3 Å². The van der Waals surface area contributed by atoms with Crippen LogP contribution in [0.3, 0.4) is 0 Å². The lowest BCUT2D eigenvalue weighted by molar-refractivity contribution is 0.411. The SMILES string of the molecule is COc1cc(N)ccc1CS(=O)c1cccs1. The zero-order valence-corrected chi connectivity index (χ0v) is 11.0. The van der Waals surface area contributed by atoms with Gasteiger partial charge in [-0.2, -0.15) is 0 Å². The molecule has 0 saturated heterocycles. The summed E-state index contributed by atoms with van der Waals surface area (Å²) >= 11 is 1.50. The van der Waals surface area contributed by atoms with Crippen molar-refractivity contribution in [3.8, 4) is 5.75 Å². The Morgan fingerprint density at radius 1 is 1.41 bits per heavy atom. The molecule has 1 aromatic heterocycles. The molecule has 0 bridgehead atoms. The van der Waals surface area contributed by atoms with Crippen molar-refractivity contribution < 1.29 is 8.95 Å². The van der Waals surface area contributed by atoms with Gasteiger partial charge >= 0.3 is 0 Å². The first kappa shape index (κ1) is 12.1. The summed E-state index contributed by atoms with van der Waals surface area (Å²) in [4.78, 5) is 0. The van der Waals surface area contributed by atoms with Crippen LogP contribution >= 0.6 is 11.3 Å². The molecule has 2 N–H and O–H groups in total. The van der Waals surface area contributed by atoms with Crippen LogP contribution in [0.1, 0.15) is 5.56 Å². The van der Waals surface area contributed by atoms with E-state index in [0.29, 0.717) is 17.2 Å². The number of rotatable bonds is 4. The second-order valence-electron chi connectivity index (χ2n) is 3.49. The molecule has 0 aliphatic rings. The summed E-state index contributed by atoms with van der Waals surface area (Å²) in [7, 11) is 0.566. The monoisotopic (exact) mass is 267 g/mol. The standard InChI is InChI=1S/C12H13NO2S2/c1-15-11-7-10(13)5-4-9(11)8-17(14)12-3-2-6-16-12/h2-7H,8,13H2,1H3. The summed E-state index contributed by atoms with van der Waals surface area (Å²) in [6.45, 7) is 0. The maximum absolute atomic E-state index is 12.1. The van der Waals surface area contributed by atoms with Gasteiger partial charge in [-0.25, -0.2) is 0 Å². The molecule has 90 valence electrons. The predicted molar refractivity (Wildman–Crippen MR) is 71.8 cm³/mol. The third kappa shape index (κ3) is 2.87. The lowest BCUT2D eigenvalue weighted by Crippen LogP contribution is -1.99. The fourth-order valence-electron chi connectivity index (χ4n) is 1.49. The molecule has 17 heavy (non-hydrogen) atoms. The van der Waals surface area contributed by atoms with E-state index in [0.717, 1.165) is 9.77 Å². The fourth-order valence-corrected chi connectivity index (χ4v) is 3.60. The minimum Gasteiger partial charge on any atom is -0.496 e. The molecule has 0 aliphatic carbocycles. The van der Waals surface area contributed by atoms with Gasteiger partial charge in [0.1, 0.15) is 5.75 Å². The van der Waals surface area contributed by atoms with Gasteiger partial charge in [0.2, 0.25) is 0 Å². The van der Waals surface area contributed by atoms with Crippen LogP contribution in [0.4, 0.5) is 5.69 Å². The molecule has 1 aromatic carbocycles. The number of ether oxygens (including phenoxy) is 1. The minimum atomic E-state index is -1.02. The van der Waals surface area contributed by atoms with Crippen LogP contribution in [0, 0.1) is 0 Å². The summed E-state index contributed by atoms with van der Waals surface area (Å²) in [5.74, 6) is 1.14. The number of benzene rings is 1. The van der Waals surface area contributed by atoms with E-state index < -0.39 is 10.8 Å². The third-order valence-corrected chi connectivity index (χ3v) is 4.98. The van der Waals surface area contributed by atoms with Crippen LogP contribution in [0.5, 0.6) is 5.75 Å². The summed E-state index contributed by atoms with van der Waals surface area (Å²) in [5, 5.41) is 1.92. The van der Waals surface area contributed by atoms with Crippen LogP contribution in [0.2, 0.25) is 0 Å². The van der Waals surface area contributed by atoms with Crippen molar-refractivity contribution in [2.24, 2.45) is 0 Å². The van der Waals surface area contributed by atoms with E-state index in [1.54, 1.807) is 19.2 Å². The Labute approximate surface area is 107 Å². The first-order valence-electron chi connectivity index (χ1n) is 5.05. The average Bonchev–Trinajstić information content (AvgIpc) is 2.85. The molecule has 0 fully saturated rings. The fraction of sp³-hybridized carbons (Fsp3) is 0.167. The predicted octanol–water partition coefficient (Wildman–Crippen LogP) is 2.65. The first-order chi connectivity index (χ1) is 8.20. The van der Waals surface area contributed by atoms with Crippen molar-refractivity contribution in [1.29, 1.82) is 0 Å². The van der Waals surface area contributed by atoms with E-state index in [9.17, 15) is 4.21 Å². The molecule has 5 heteroatoms. The second-order valence-corrected chi connectivity index (χ2v) is 6.12. The third-order valence-electron chi connectivity index (χ3n) is 2.32. The Morgan fingerprint density at radius 3 is 2.88 bits per heavy atom. The number of hydrogen-bond acceptors (Lipinski definition) is 4. The number of nitrogen functional groups attached to an aromatic ring is 1. The smallest absolute Gasteiger partial charge is 0.125 e. The highest BCUT2D eigenvalue weighted by atomic mass is 32.2. The number of nitrogens with two attached hydrogens (primary N) is 1. The number of anilines is 1. The second kappa shape index (κ2) is 5.33. The molecule has 2 aromatic rings. The van der Waals surface area contributed by atoms with Crippen LogP contribution < -0.4 is 10.5 Å². The van der Waals surface area contributed by atoms with Gasteiger partial charge in [-0.05, 0) is 17.5 Å². The molecule has 2 rings (SSSR count). The zero-order chi connectivity index (χ0) is 12.3. The molecular weight excluding hydrogens is 254 g/mol. The van der Waals surface area contributed by atoms with Crippen LogP contribution in [-0.4, -0.2) is 11.3 Å². The maximum atomic E-state index is 12.1. The summed E-state index contributed by atoms with van der Waals surface area (Å²) < 4.78 is 18.2. The largest absolute Gasteiger partial charge is 0.496 e. The molecule has 0 saturated carbocycles. The highest BCUT2D eigenvalue weighted by Gasteiger charge is 2.10. The molecule has 1 heterocycles. The topological polar surface area (TPSA) is 52.3 Å². The Kier molecular flexibility index (Phi) is 3.81. The van der Waals surface area contributed by atoms with Gasteiger partial charge in [-0.1, -0.05) is 12.1 Å². The summed E-state index contributed by atoms with van der Waals surface area (Å²) in [5.41, 5.74) is 7.23. The Hall–Kier alpha value is -1.33. The number of methoxy groups -OCH3 is 1. The van der Waals surface area contributed by atoms with E-state index in [-0.39, 0.29) is 0 Å². The molecule has 1 atom stereocenters. The molecule has 1 unspecified atom stereocenters. The number of hydrogen-bond donors (Lipinski definition) is 1. The minimum absolute atomic E-state index is 0.448. The van der Waals surface area contributed by atoms with Gasteiger partial charge in [0.15, 0.2) is 0 Å². The van der Waals surface area contributed by atoms with Crippen molar-refractivity contribution in [1.82, 2.24) is 0 Å². The van der Waals surface area contributed by atoms with Gasteiger partial charge in [0.25, 0.3) is 0 Å². The summed E-state index contributed by atoms with van der Waals surface area (Å²) in [6.07, 6.45) is 0. The van der Waals surface area contributed by atoms with Gasteiger partial charge in [-0.15, -0.1) is 11.3 Å². The highest BCUT2D eigenvalue weighted by molar-refractivity contribution is 7.86. The van der Waals surface area contributed by atoms with Crippen LogP contribution in [0.25, 0.3) is 0 Å². The lowest BCUT2D eigenvalue weighted by Gasteiger charge is -2.08. The maximum Gasteiger partial charge on any atom is 0.125 e. The molecular formula is C12H13NO2S2. The molecule has 0 aliphatic heterocycles. The van der Waals surface area contributed by atoms with Crippen molar-refractivity contribution in [3.63, 3.8) is 0 Å². The zero-order valence-electron chi connectivity index (χ0n) is 9.38. The molecule has 0 radical (unpaired) electrons. The Balaban J connectivity index is 2.21. The lowest BCUT2D eigenvalue weighted by atomic mass is 10.2. The first-order valence-corrected chi connectivity index (χ1v) is 7.25. The van der Waals surface area contributed by atoms with E-state index in [4.69, 9.17) is 10.5 Å². The highest BCUT2D eigenvalue weighted by Crippen LogP contribution is 2.25.